The van der Waals surface area contributed by atoms with E-state index in [-0.39, 0.29) is 5.82 Å². The molecule has 0 radical (unpaired) electrons. The summed E-state index contributed by atoms with van der Waals surface area (Å²) in [7, 11) is 0. The third kappa shape index (κ3) is 1.70. The molecule has 74 valence electrons. The maximum atomic E-state index is 12.9. The summed E-state index contributed by atoms with van der Waals surface area (Å²) in [4.78, 5) is 0. The quantitative estimate of drug-likeness (QED) is 0.725. The van der Waals surface area contributed by atoms with E-state index in [1.807, 2.05) is 6.08 Å². The van der Waals surface area contributed by atoms with Gasteiger partial charge in [-0.15, -0.1) is 0 Å². The molecule has 1 aliphatic rings. The lowest BCUT2D eigenvalue weighted by Crippen LogP contribution is -1.94. The Balaban J connectivity index is 2.40. The number of rotatable bonds is 1. The lowest BCUT2D eigenvalue weighted by molar-refractivity contribution is 0.244. The second-order valence-corrected chi connectivity index (χ2v) is 3.73. The number of aliphatic hydroxyl groups excluding tert-OH is 1. The number of aryl methyl sites for hydroxylation is 1. The molecular formula is C12H13FO. The lowest BCUT2D eigenvalue weighted by Gasteiger charge is -2.02. The Morgan fingerprint density at radius 2 is 2.21 bits per heavy atom. The van der Waals surface area contributed by atoms with Gasteiger partial charge in [-0.2, -0.15) is 0 Å². The molecule has 0 saturated heterocycles. The highest BCUT2D eigenvalue weighted by molar-refractivity contribution is 5.72. The van der Waals surface area contributed by atoms with Crippen LogP contribution in [0.5, 0.6) is 0 Å². The van der Waals surface area contributed by atoms with Crippen molar-refractivity contribution in [3.63, 3.8) is 0 Å². The maximum absolute atomic E-state index is 12.9. The van der Waals surface area contributed by atoms with Crippen molar-refractivity contribution in [3.05, 3.63) is 41.2 Å². The van der Waals surface area contributed by atoms with Crippen LogP contribution < -0.4 is 0 Å². The van der Waals surface area contributed by atoms with Gasteiger partial charge in [0.2, 0.25) is 0 Å². The van der Waals surface area contributed by atoms with Crippen LogP contribution in [0.15, 0.2) is 24.3 Å². The predicted molar refractivity (Wildman–Crippen MR) is 54.4 cm³/mol. The smallest absolute Gasteiger partial charge is 0.123 e. The van der Waals surface area contributed by atoms with E-state index < -0.39 is 6.10 Å². The minimum atomic E-state index is -0.430. The van der Waals surface area contributed by atoms with E-state index in [1.165, 1.54) is 6.07 Å². The third-order valence-corrected chi connectivity index (χ3v) is 2.52. The van der Waals surface area contributed by atoms with Crippen LogP contribution in [0.4, 0.5) is 4.39 Å². The molecule has 0 heterocycles. The van der Waals surface area contributed by atoms with Crippen molar-refractivity contribution < 1.29 is 9.50 Å². The van der Waals surface area contributed by atoms with Gasteiger partial charge in [0, 0.05) is 0 Å². The first-order valence-corrected chi connectivity index (χ1v) is 4.84. The molecule has 0 spiro atoms. The van der Waals surface area contributed by atoms with Crippen molar-refractivity contribution in [2.75, 3.05) is 0 Å². The van der Waals surface area contributed by atoms with E-state index in [2.05, 4.69) is 0 Å². The predicted octanol–water partition coefficient (Wildman–Crippen LogP) is 2.54. The van der Waals surface area contributed by atoms with Crippen LogP contribution in [0.25, 0.3) is 5.57 Å². The fraction of sp³-hybridized carbons (Fsp3) is 0.333. The Morgan fingerprint density at radius 1 is 1.43 bits per heavy atom. The van der Waals surface area contributed by atoms with Crippen LogP contribution in [0.2, 0.25) is 0 Å². The highest BCUT2D eigenvalue weighted by Crippen LogP contribution is 2.32. The Bertz CT molecular complexity index is 380. The van der Waals surface area contributed by atoms with Gasteiger partial charge in [0.15, 0.2) is 0 Å². The zero-order valence-electron chi connectivity index (χ0n) is 8.13. The molecule has 1 aliphatic carbocycles. The lowest BCUT2D eigenvalue weighted by atomic mass is 10.1. The summed E-state index contributed by atoms with van der Waals surface area (Å²) in [5.74, 6) is -0.179. The number of hydrogen-bond donors (Lipinski definition) is 1. The topological polar surface area (TPSA) is 20.2 Å². The zero-order valence-corrected chi connectivity index (χ0v) is 8.13. The van der Waals surface area contributed by atoms with E-state index >= 15 is 0 Å². The van der Waals surface area contributed by atoms with Gasteiger partial charge in [-0.3, -0.25) is 0 Å². The first-order chi connectivity index (χ1) is 6.66. The Kier molecular flexibility index (Phi) is 2.38. The fourth-order valence-corrected chi connectivity index (χ4v) is 1.95. The van der Waals surface area contributed by atoms with Crippen LogP contribution in [-0.2, 0) is 6.42 Å². The second kappa shape index (κ2) is 3.54. The molecule has 1 aromatic carbocycles. The van der Waals surface area contributed by atoms with Gasteiger partial charge in [0.1, 0.15) is 5.82 Å². The van der Waals surface area contributed by atoms with E-state index in [1.54, 1.807) is 19.1 Å². The minimum Gasteiger partial charge on any atom is -0.389 e. The summed E-state index contributed by atoms with van der Waals surface area (Å²) in [6.07, 6.45) is 3.19. The van der Waals surface area contributed by atoms with Crippen LogP contribution in [0.3, 0.4) is 0 Å². The highest BCUT2D eigenvalue weighted by atomic mass is 19.1. The molecule has 2 rings (SSSR count). The van der Waals surface area contributed by atoms with Crippen molar-refractivity contribution in [3.8, 4) is 0 Å². The summed E-state index contributed by atoms with van der Waals surface area (Å²) < 4.78 is 12.9. The monoisotopic (exact) mass is 192 g/mol. The van der Waals surface area contributed by atoms with E-state index in [4.69, 9.17) is 0 Å². The minimum absolute atomic E-state index is 0.179. The van der Waals surface area contributed by atoms with Crippen LogP contribution >= 0.6 is 0 Å². The van der Waals surface area contributed by atoms with Gasteiger partial charge in [-0.1, -0.05) is 12.1 Å². The third-order valence-electron chi connectivity index (χ3n) is 2.52. The van der Waals surface area contributed by atoms with Crippen LogP contribution in [-0.4, -0.2) is 11.2 Å². The standard InChI is InChI=1S/C12H13FO/c1-8(14)6-9-2-3-10-7-11(13)4-5-12(9)10/h4-8,14H,2-3H2,1H3/b9-6-. The molecule has 0 saturated carbocycles. The molecule has 1 nitrogen and oxygen atoms in total. The van der Waals surface area contributed by atoms with Crippen molar-refractivity contribution in [2.24, 2.45) is 0 Å². The van der Waals surface area contributed by atoms with E-state index in [9.17, 15) is 9.50 Å². The summed E-state index contributed by atoms with van der Waals surface area (Å²) in [6, 6.07) is 4.85. The molecule has 1 aromatic rings. The first kappa shape index (κ1) is 9.41. The van der Waals surface area contributed by atoms with Crippen LogP contribution in [0.1, 0.15) is 24.5 Å². The SMILES string of the molecule is CC(O)/C=C1/CCc2cc(F)ccc21. The number of allylic oxidation sites excluding steroid dienone is 1. The Hall–Kier alpha value is -1.15. The summed E-state index contributed by atoms with van der Waals surface area (Å²) in [5.41, 5.74) is 3.28. The van der Waals surface area contributed by atoms with Crippen LogP contribution in [0, 0.1) is 5.82 Å². The molecule has 14 heavy (non-hydrogen) atoms. The Labute approximate surface area is 82.9 Å². The van der Waals surface area contributed by atoms with Gasteiger partial charge in [-0.05, 0) is 48.6 Å². The Morgan fingerprint density at radius 3 is 2.93 bits per heavy atom. The molecule has 0 amide bonds. The highest BCUT2D eigenvalue weighted by Gasteiger charge is 2.16. The molecule has 1 unspecified atom stereocenters. The number of hydrogen-bond acceptors (Lipinski definition) is 1. The van der Waals surface area contributed by atoms with E-state index in [0.717, 1.165) is 29.5 Å². The number of halogens is 1. The molecule has 2 heteroatoms. The van der Waals surface area contributed by atoms with Crippen molar-refractivity contribution in [1.82, 2.24) is 0 Å². The van der Waals surface area contributed by atoms with E-state index in [0.29, 0.717) is 0 Å². The normalized spacial score (nSPS) is 19.8. The maximum Gasteiger partial charge on any atom is 0.123 e. The van der Waals surface area contributed by atoms with Crippen molar-refractivity contribution in [1.29, 1.82) is 0 Å². The fourth-order valence-electron chi connectivity index (χ4n) is 1.95. The zero-order chi connectivity index (χ0) is 10.1. The second-order valence-electron chi connectivity index (χ2n) is 3.73. The molecule has 1 N–H and O–H groups in total. The summed E-state index contributed by atoms with van der Waals surface area (Å²) in [5, 5.41) is 9.24. The molecule has 0 bridgehead atoms. The van der Waals surface area contributed by atoms with Gasteiger partial charge >= 0.3 is 0 Å². The largest absolute Gasteiger partial charge is 0.389 e. The number of benzene rings is 1. The molecular weight excluding hydrogens is 179 g/mol. The molecule has 1 atom stereocenters. The van der Waals surface area contributed by atoms with Crippen molar-refractivity contribution in [2.45, 2.75) is 25.9 Å². The van der Waals surface area contributed by atoms with Gasteiger partial charge in [0.05, 0.1) is 6.10 Å². The average Bonchev–Trinajstić information content (AvgIpc) is 2.47. The molecule has 0 aliphatic heterocycles. The summed E-state index contributed by atoms with van der Waals surface area (Å²) >= 11 is 0. The number of aliphatic hydroxyl groups is 1. The summed E-state index contributed by atoms with van der Waals surface area (Å²) in [6.45, 7) is 1.73. The first-order valence-electron chi connectivity index (χ1n) is 4.84. The van der Waals surface area contributed by atoms with Gasteiger partial charge in [-0.25, -0.2) is 4.39 Å². The number of fused-ring (bicyclic) bond motifs is 1. The van der Waals surface area contributed by atoms with Gasteiger partial charge < -0.3 is 5.11 Å². The van der Waals surface area contributed by atoms with Crippen molar-refractivity contribution >= 4 is 5.57 Å². The molecule has 0 aromatic heterocycles. The van der Waals surface area contributed by atoms with Gasteiger partial charge in [0.25, 0.3) is 0 Å². The average molecular weight is 192 g/mol. The molecule has 0 fully saturated rings.